The molecular weight excluding hydrogens is 266 g/mol. The van der Waals surface area contributed by atoms with Gasteiger partial charge in [0.15, 0.2) is 5.71 Å². The summed E-state index contributed by atoms with van der Waals surface area (Å²) in [4.78, 5) is 12.4. The molecule has 0 aliphatic carbocycles. The fourth-order valence-corrected chi connectivity index (χ4v) is 2.40. The first-order valence-corrected chi connectivity index (χ1v) is 6.70. The molecule has 1 aromatic carbocycles. The van der Waals surface area contributed by atoms with Crippen molar-refractivity contribution >= 4 is 11.6 Å². The second kappa shape index (κ2) is 5.83. The number of nitrogens with one attached hydrogen (secondary N) is 1. The van der Waals surface area contributed by atoms with Gasteiger partial charge in [0.1, 0.15) is 0 Å². The number of oxime groups is 1. The van der Waals surface area contributed by atoms with Crippen LogP contribution >= 0.6 is 0 Å². The Kier molecular flexibility index (Phi) is 4.12. The molecule has 0 spiro atoms. The van der Waals surface area contributed by atoms with E-state index >= 15 is 0 Å². The third kappa shape index (κ3) is 2.81. The molecule has 0 saturated carbocycles. The third-order valence-corrected chi connectivity index (χ3v) is 3.52. The van der Waals surface area contributed by atoms with Gasteiger partial charge in [0.25, 0.3) is 5.91 Å². The van der Waals surface area contributed by atoms with E-state index in [9.17, 15) is 10.0 Å². The van der Waals surface area contributed by atoms with Crippen LogP contribution in [0, 0.1) is 27.7 Å². The van der Waals surface area contributed by atoms with Crippen LogP contribution in [0.4, 0.5) is 0 Å². The Morgan fingerprint density at radius 1 is 1.05 bits per heavy atom. The summed E-state index contributed by atoms with van der Waals surface area (Å²) in [5.41, 5.74) is 6.99. The topological polar surface area (TPSA) is 66.6 Å². The van der Waals surface area contributed by atoms with Gasteiger partial charge >= 0.3 is 0 Å². The summed E-state index contributed by atoms with van der Waals surface area (Å²) < 4.78 is 1.67. The highest BCUT2D eigenvalue weighted by Gasteiger charge is 2.20. The molecule has 0 aliphatic heterocycles. The molecule has 0 saturated heterocycles. The van der Waals surface area contributed by atoms with E-state index in [1.165, 1.54) is 0 Å². The van der Waals surface area contributed by atoms with Crippen molar-refractivity contribution in [2.75, 3.05) is 5.43 Å². The fourth-order valence-electron chi connectivity index (χ4n) is 2.40. The van der Waals surface area contributed by atoms with Crippen LogP contribution in [0.1, 0.15) is 28.1 Å². The van der Waals surface area contributed by atoms with E-state index in [0.717, 1.165) is 22.5 Å². The van der Waals surface area contributed by atoms with Gasteiger partial charge in [-0.2, -0.15) is 0 Å². The molecule has 5 heteroatoms. The Hall–Kier alpha value is -2.56. The highest BCUT2D eigenvalue weighted by atomic mass is 16.4. The molecule has 0 atom stereocenters. The number of hydrogen-bond acceptors (Lipinski definition) is 3. The zero-order valence-corrected chi connectivity index (χ0v) is 12.6. The van der Waals surface area contributed by atoms with Crippen LogP contribution in [0.15, 0.2) is 35.5 Å². The van der Waals surface area contributed by atoms with Gasteiger partial charge in [-0.1, -0.05) is 23.4 Å². The third-order valence-electron chi connectivity index (χ3n) is 3.52. The van der Waals surface area contributed by atoms with Gasteiger partial charge in [-0.05, 0) is 51.0 Å². The van der Waals surface area contributed by atoms with E-state index in [1.54, 1.807) is 4.68 Å². The maximum absolute atomic E-state index is 12.4. The highest BCUT2D eigenvalue weighted by Crippen LogP contribution is 2.15. The van der Waals surface area contributed by atoms with Gasteiger partial charge in [0.05, 0.1) is 0 Å². The van der Waals surface area contributed by atoms with Crippen molar-refractivity contribution < 1.29 is 10.0 Å². The summed E-state index contributed by atoms with van der Waals surface area (Å²) in [5, 5.41) is 12.5. The zero-order chi connectivity index (χ0) is 15.6. The lowest BCUT2D eigenvalue weighted by molar-refractivity contribution is -0.111. The van der Waals surface area contributed by atoms with E-state index < -0.39 is 5.91 Å². The largest absolute Gasteiger partial charge is 0.410 e. The van der Waals surface area contributed by atoms with Gasteiger partial charge in [0, 0.05) is 17.0 Å². The van der Waals surface area contributed by atoms with Gasteiger partial charge in [-0.25, -0.2) is 0 Å². The lowest BCUT2D eigenvalue weighted by Crippen LogP contribution is -2.32. The smallest absolute Gasteiger partial charge is 0.292 e. The first-order chi connectivity index (χ1) is 9.95. The summed E-state index contributed by atoms with van der Waals surface area (Å²) in [5.74, 6) is -0.447. The SMILES string of the molecule is Cc1cccc(C)c1/C(=N/O)C(=O)Nn1c(C)ccc1C. The summed E-state index contributed by atoms with van der Waals surface area (Å²) in [6.45, 7) is 7.55. The molecular formula is C16H19N3O2. The van der Waals surface area contributed by atoms with Crippen molar-refractivity contribution in [2.45, 2.75) is 27.7 Å². The van der Waals surface area contributed by atoms with Crippen LogP contribution in [0.25, 0.3) is 0 Å². The van der Waals surface area contributed by atoms with Gasteiger partial charge in [0.2, 0.25) is 0 Å². The first-order valence-electron chi connectivity index (χ1n) is 6.70. The Labute approximate surface area is 123 Å². The van der Waals surface area contributed by atoms with Crippen LogP contribution in [-0.4, -0.2) is 21.5 Å². The van der Waals surface area contributed by atoms with Crippen molar-refractivity contribution in [3.63, 3.8) is 0 Å². The second-order valence-corrected chi connectivity index (χ2v) is 5.11. The average Bonchev–Trinajstić information content (AvgIpc) is 2.74. The Balaban J connectivity index is 2.37. The number of aromatic nitrogens is 1. The quantitative estimate of drug-likeness (QED) is 0.517. The lowest BCUT2D eigenvalue weighted by atomic mass is 9.98. The van der Waals surface area contributed by atoms with Gasteiger partial charge < -0.3 is 5.21 Å². The molecule has 1 amide bonds. The van der Waals surface area contributed by atoms with Crippen molar-refractivity contribution in [1.29, 1.82) is 0 Å². The van der Waals surface area contributed by atoms with E-state index in [4.69, 9.17) is 0 Å². The van der Waals surface area contributed by atoms with Crippen molar-refractivity contribution in [3.05, 3.63) is 58.4 Å². The minimum Gasteiger partial charge on any atom is -0.410 e. The highest BCUT2D eigenvalue weighted by molar-refractivity contribution is 6.48. The van der Waals surface area contributed by atoms with E-state index in [2.05, 4.69) is 10.6 Å². The minimum absolute atomic E-state index is 0.0121. The molecule has 110 valence electrons. The van der Waals surface area contributed by atoms with Crippen LogP contribution in [0.2, 0.25) is 0 Å². The van der Waals surface area contributed by atoms with E-state index in [-0.39, 0.29) is 5.71 Å². The number of benzene rings is 1. The number of rotatable bonds is 3. The molecule has 5 nitrogen and oxygen atoms in total. The lowest BCUT2D eigenvalue weighted by Gasteiger charge is -2.14. The van der Waals surface area contributed by atoms with Crippen molar-refractivity contribution in [2.24, 2.45) is 5.16 Å². The number of amides is 1. The molecule has 21 heavy (non-hydrogen) atoms. The number of carbonyl (C=O) groups excluding carboxylic acids is 1. The molecule has 1 heterocycles. The van der Waals surface area contributed by atoms with Gasteiger partial charge in [-0.15, -0.1) is 0 Å². The predicted octanol–water partition coefficient (Wildman–Crippen LogP) is 2.67. The molecule has 0 radical (unpaired) electrons. The number of hydrogen-bond donors (Lipinski definition) is 2. The number of carbonyl (C=O) groups is 1. The standard InChI is InChI=1S/C16H19N3O2/c1-10-6-5-7-11(2)14(10)15(18-21)16(20)17-19-12(3)8-9-13(19)4/h5-9,21H,1-4H3,(H,17,20)/b18-15-. The maximum Gasteiger partial charge on any atom is 0.292 e. The molecule has 0 unspecified atom stereocenters. The Morgan fingerprint density at radius 3 is 2.05 bits per heavy atom. The molecule has 0 bridgehead atoms. The molecule has 2 N–H and O–H groups in total. The summed E-state index contributed by atoms with van der Waals surface area (Å²) in [7, 11) is 0. The predicted molar refractivity (Wildman–Crippen MR) is 82.5 cm³/mol. The van der Waals surface area contributed by atoms with E-state index in [1.807, 2.05) is 58.0 Å². The average molecular weight is 285 g/mol. The molecule has 1 aromatic heterocycles. The van der Waals surface area contributed by atoms with Crippen molar-refractivity contribution in [1.82, 2.24) is 4.68 Å². The van der Waals surface area contributed by atoms with Crippen LogP contribution in [-0.2, 0) is 4.79 Å². The minimum atomic E-state index is -0.447. The summed E-state index contributed by atoms with van der Waals surface area (Å²) in [6.07, 6.45) is 0. The molecule has 0 aliphatic rings. The molecule has 2 aromatic rings. The second-order valence-electron chi connectivity index (χ2n) is 5.11. The molecule has 2 rings (SSSR count). The number of aryl methyl sites for hydroxylation is 4. The number of nitrogens with zero attached hydrogens (tertiary/aromatic N) is 2. The van der Waals surface area contributed by atoms with Gasteiger partial charge in [-0.3, -0.25) is 14.9 Å². The Morgan fingerprint density at radius 2 is 1.57 bits per heavy atom. The molecule has 0 fully saturated rings. The van der Waals surface area contributed by atoms with E-state index in [0.29, 0.717) is 5.56 Å². The van der Waals surface area contributed by atoms with Crippen LogP contribution < -0.4 is 5.43 Å². The summed E-state index contributed by atoms with van der Waals surface area (Å²) in [6, 6.07) is 9.48. The fraction of sp³-hybridized carbons (Fsp3) is 0.250. The van der Waals surface area contributed by atoms with Crippen molar-refractivity contribution in [3.8, 4) is 0 Å². The maximum atomic E-state index is 12.4. The first kappa shape index (κ1) is 14.8. The van der Waals surface area contributed by atoms with Crippen LogP contribution in [0.3, 0.4) is 0 Å². The Bertz CT molecular complexity index is 675. The van der Waals surface area contributed by atoms with Crippen LogP contribution in [0.5, 0.6) is 0 Å². The zero-order valence-electron chi connectivity index (χ0n) is 12.6. The normalized spacial score (nSPS) is 11.5. The summed E-state index contributed by atoms with van der Waals surface area (Å²) >= 11 is 0. The monoisotopic (exact) mass is 285 g/mol.